The summed E-state index contributed by atoms with van der Waals surface area (Å²) >= 11 is 0. The number of nitrogens with one attached hydrogen (secondary N) is 1. The maximum atomic E-state index is 12.7. The Morgan fingerprint density at radius 2 is 2.00 bits per heavy atom. The van der Waals surface area contributed by atoms with Gasteiger partial charge in [0.25, 0.3) is 11.8 Å². The van der Waals surface area contributed by atoms with Gasteiger partial charge >= 0.3 is 0 Å². The largest absolute Gasteiger partial charge is 0.378 e. The van der Waals surface area contributed by atoms with Gasteiger partial charge in [0, 0.05) is 25.3 Å². The van der Waals surface area contributed by atoms with Crippen molar-refractivity contribution in [3.05, 3.63) is 35.9 Å². The van der Waals surface area contributed by atoms with Crippen molar-refractivity contribution in [2.45, 2.75) is 18.9 Å². The van der Waals surface area contributed by atoms with E-state index in [1.807, 2.05) is 18.2 Å². The van der Waals surface area contributed by atoms with Crippen molar-refractivity contribution in [3.63, 3.8) is 0 Å². The van der Waals surface area contributed by atoms with E-state index in [0.717, 1.165) is 12.8 Å². The smallest absolute Gasteiger partial charge is 0.287 e. The Bertz CT molecular complexity index is 760. The van der Waals surface area contributed by atoms with Gasteiger partial charge in [-0.1, -0.05) is 6.07 Å². The van der Waals surface area contributed by atoms with E-state index >= 15 is 0 Å². The summed E-state index contributed by atoms with van der Waals surface area (Å²) in [4.78, 5) is 31.2. The Kier molecular flexibility index (Phi) is 3.49. The first-order valence-electron chi connectivity index (χ1n) is 7.89. The Morgan fingerprint density at radius 3 is 2.74 bits per heavy atom. The second-order valence-electron chi connectivity index (χ2n) is 5.89. The van der Waals surface area contributed by atoms with Crippen LogP contribution in [-0.4, -0.2) is 58.4 Å². The minimum absolute atomic E-state index is 0.150. The van der Waals surface area contributed by atoms with Crippen molar-refractivity contribution in [3.8, 4) is 0 Å². The zero-order chi connectivity index (χ0) is 15.8. The van der Waals surface area contributed by atoms with E-state index in [4.69, 9.17) is 4.74 Å². The van der Waals surface area contributed by atoms with Gasteiger partial charge in [-0.25, -0.2) is 4.98 Å². The first-order chi connectivity index (χ1) is 11.2. The number of aromatic nitrogens is 2. The quantitative estimate of drug-likeness (QED) is 0.905. The second-order valence-corrected chi connectivity index (χ2v) is 5.89. The van der Waals surface area contributed by atoms with Crippen molar-refractivity contribution < 1.29 is 14.3 Å². The molecule has 3 heterocycles. The molecule has 1 N–H and O–H groups in total. The number of nitrogens with zero attached hydrogens (tertiary/aromatic N) is 3. The van der Waals surface area contributed by atoms with Crippen LogP contribution in [0.25, 0.3) is 5.52 Å². The molecule has 7 heteroatoms. The Balaban J connectivity index is 1.71. The summed E-state index contributed by atoms with van der Waals surface area (Å²) in [6.07, 6.45) is 3.78. The summed E-state index contributed by atoms with van der Waals surface area (Å²) in [6, 6.07) is 5.73. The second kappa shape index (κ2) is 5.66. The minimum Gasteiger partial charge on any atom is -0.378 e. The molecule has 1 aliphatic carbocycles. The number of pyridine rings is 1. The summed E-state index contributed by atoms with van der Waals surface area (Å²) in [6.45, 7) is 2.17. The van der Waals surface area contributed by atoms with Gasteiger partial charge in [0.15, 0.2) is 5.69 Å². The van der Waals surface area contributed by atoms with Crippen molar-refractivity contribution >= 4 is 17.3 Å². The number of ether oxygens (including phenoxy) is 1. The molecule has 4 rings (SSSR count). The third-order valence-corrected chi connectivity index (χ3v) is 4.16. The van der Waals surface area contributed by atoms with Crippen LogP contribution in [0.2, 0.25) is 0 Å². The molecule has 2 amide bonds. The lowest BCUT2D eigenvalue weighted by molar-refractivity contribution is 0.0300. The van der Waals surface area contributed by atoms with E-state index in [-0.39, 0.29) is 23.7 Å². The van der Waals surface area contributed by atoms with Crippen LogP contribution in [0.4, 0.5) is 0 Å². The van der Waals surface area contributed by atoms with Crippen LogP contribution in [0.5, 0.6) is 0 Å². The average Bonchev–Trinajstić information content (AvgIpc) is 3.32. The summed E-state index contributed by atoms with van der Waals surface area (Å²) in [5.41, 5.74) is 0.985. The molecule has 0 unspecified atom stereocenters. The van der Waals surface area contributed by atoms with Gasteiger partial charge in [0.05, 0.1) is 18.7 Å². The average molecular weight is 314 g/mol. The number of morpholine rings is 1. The SMILES string of the molecule is O=C(NC1CC1)c1nc(C(=O)N2CCOCC2)c2ccccn12. The van der Waals surface area contributed by atoms with E-state index < -0.39 is 0 Å². The van der Waals surface area contributed by atoms with Gasteiger partial charge in [-0.05, 0) is 25.0 Å². The number of carbonyl (C=O) groups excluding carboxylic acids is 2. The first kappa shape index (κ1) is 14.2. The summed E-state index contributed by atoms with van der Waals surface area (Å²) in [5.74, 6) is -0.110. The highest BCUT2D eigenvalue weighted by molar-refractivity contribution is 6.02. The van der Waals surface area contributed by atoms with Crippen LogP contribution in [0.3, 0.4) is 0 Å². The van der Waals surface area contributed by atoms with Crippen LogP contribution in [0, 0.1) is 0 Å². The lowest BCUT2D eigenvalue weighted by atomic mass is 10.3. The lowest BCUT2D eigenvalue weighted by Crippen LogP contribution is -2.41. The fourth-order valence-electron chi connectivity index (χ4n) is 2.75. The topological polar surface area (TPSA) is 75.9 Å². The predicted octanol–water partition coefficient (Wildman–Crippen LogP) is 0.699. The van der Waals surface area contributed by atoms with Crippen LogP contribution >= 0.6 is 0 Å². The van der Waals surface area contributed by atoms with Gasteiger partial charge in [0.2, 0.25) is 5.82 Å². The first-order valence-corrected chi connectivity index (χ1v) is 7.89. The summed E-state index contributed by atoms with van der Waals surface area (Å²) in [5, 5.41) is 2.93. The van der Waals surface area contributed by atoms with E-state index in [2.05, 4.69) is 10.3 Å². The van der Waals surface area contributed by atoms with Gasteiger partial charge in [-0.15, -0.1) is 0 Å². The van der Waals surface area contributed by atoms with Crippen LogP contribution in [-0.2, 0) is 4.74 Å². The number of amides is 2. The molecule has 0 radical (unpaired) electrons. The van der Waals surface area contributed by atoms with E-state index in [1.54, 1.807) is 15.5 Å². The molecule has 1 aliphatic heterocycles. The number of fused-ring (bicyclic) bond motifs is 1. The molecule has 1 saturated carbocycles. The molecule has 2 aliphatic rings. The Hall–Kier alpha value is -2.41. The fourth-order valence-corrected chi connectivity index (χ4v) is 2.75. The number of carbonyl (C=O) groups is 2. The maximum Gasteiger partial charge on any atom is 0.287 e. The van der Waals surface area contributed by atoms with Crippen molar-refractivity contribution in [2.24, 2.45) is 0 Å². The van der Waals surface area contributed by atoms with Gasteiger partial charge in [-0.3, -0.25) is 14.0 Å². The zero-order valence-electron chi connectivity index (χ0n) is 12.7. The van der Waals surface area contributed by atoms with Gasteiger partial charge in [0.1, 0.15) is 0 Å². The third kappa shape index (κ3) is 2.68. The molecule has 2 aromatic rings. The monoisotopic (exact) mass is 314 g/mol. The molecular formula is C16H18N4O3. The Morgan fingerprint density at radius 1 is 1.22 bits per heavy atom. The molecule has 0 spiro atoms. The molecule has 2 aromatic heterocycles. The van der Waals surface area contributed by atoms with Crippen LogP contribution in [0.1, 0.15) is 33.9 Å². The van der Waals surface area contributed by atoms with Gasteiger partial charge < -0.3 is 15.0 Å². The summed E-state index contributed by atoms with van der Waals surface area (Å²) < 4.78 is 6.97. The minimum atomic E-state index is -0.227. The third-order valence-electron chi connectivity index (χ3n) is 4.16. The molecule has 7 nitrogen and oxygen atoms in total. The number of hydrogen-bond donors (Lipinski definition) is 1. The highest BCUT2D eigenvalue weighted by atomic mass is 16.5. The highest BCUT2D eigenvalue weighted by Crippen LogP contribution is 2.21. The maximum absolute atomic E-state index is 12.7. The number of imidazole rings is 1. The Labute approximate surface area is 133 Å². The van der Waals surface area contributed by atoms with E-state index in [1.165, 1.54) is 0 Å². The van der Waals surface area contributed by atoms with Crippen LogP contribution < -0.4 is 5.32 Å². The van der Waals surface area contributed by atoms with E-state index in [0.29, 0.717) is 37.5 Å². The standard InChI is InChI=1S/C16H18N4O3/c21-15(17-11-4-5-11)14-18-13(12-3-1-2-6-20(12)14)16(22)19-7-9-23-10-8-19/h1-3,6,11H,4-5,7-10H2,(H,17,21). The van der Waals surface area contributed by atoms with E-state index in [9.17, 15) is 9.59 Å². The molecular weight excluding hydrogens is 296 g/mol. The molecule has 23 heavy (non-hydrogen) atoms. The van der Waals surface area contributed by atoms with Crippen molar-refractivity contribution in [1.29, 1.82) is 0 Å². The number of rotatable bonds is 3. The molecule has 0 atom stereocenters. The lowest BCUT2D eigenvalue weighted by Gasteiger charge is -2.26. The van der Waals surface area contributed by atoms with Crippen molar-refractivity contribution in [1.82, 2.24) is 19.6 Å². The molecule has 0 bridgehead atoms. The molecule has 120 valence electrons. The van der Waals surface area contributed by atoms with Crippen molar-refractivity contribution in [2.75, 3.05) is 26.3 Å². The summed E-state index contributed by atoms with van der Waals surface area (Å²) in [7, 11) is 0. The molecule has 1 saturated heterocycles. The zero-order valence-corrected chi connectivity index (χ0v) is 12.7. The number of hydrogen-bond acceptors (Lipinski definition) is 4. The normalized spacial score (nSPS) is 18.2. The van der Waals surface area contributed by atoms with Crippen LogP contribution in [0.15, 0.2) is 24.4 Å². The molecule has 0 aromatic carbocycles. The van der Waals surface area contributed by atoms with Gasteiger partial charge in [-0.2, -0.15) is 0 Å². The highest BCUT2D eigenvalue weighted by Gasteiger charge is 2.29. The fraction of sp³-hybridized carbons (Fsp3) is 0.438. The molecule has 2 fully saturated rings. The predicted molar refractivity (Wildman–Crippen MR) is 82.4 cm³/mol.